The van der Waals surface area contributed by atoms with Gasteiger partial charge in [-0.15, -0.1) is 0 Å². The highest BCUT2D eigenvalue weighted by atomic mass is 28.4. The van der Waals surface area contributed by atoms with Crippen LogP contribution in [0.25, 0.3) is 6.08 Å². The first kappa shape index (κ1) is 35.0. The summed E-state index contributed by atoms with van der Waals surface area (Å²) in [4.78, 5) is 23.2. The van der Waals surface area contributed by atoms with E-state index < -0.39 is 20.9 Å². The number of benzene rings is 1. The van der Waals surface area contributed by atoms with Gasteiger partial charge in [-0.2, -0.15) is 0 Å². The predicted octanol–water partition coefficient (Wildman–Crippen LogP) is 6.48. The van der Waals surface area contributed by atoms with Crippen LogP contribution in [0.15, 0.2) is 30.3 Å². The van der Waals surface area contributed by atoms with Gasteiger partial charge >= 0.3 is 20.9 Å². The summed E-state index contributed by atoms with van der Waals surface area (Å²) in [7, 11) is -3.05. The zero-order valence-electron chi connectivity index (χ0n) is 25.4. The Kier molecular flexibility index (Phi) is 16.9. The van der Waals surface area contributed by atoms with Crippen molar-refractivity contribution >= 4 is 26.9 Å². The van der Waals surface area contributed by atoms with Crippen molar-refractivity contribution in [1.82, 2.24) is 5.32 Å². The molecule has 1 aromatic carbocycles. The summed E-state index contributed by atoms with van der Waals surface area (Å²) in [6, 6.07) is 8.16. The summed E-state index contributed by atoms with van der Waals surface area (Å²) in [5.41, 5.74) is 1.84. The quantitative estimate of drug-likeness (QED) is 0.100. The first-order chi connectivity index (χ1) is 19.9. The number of aliphatic carboxylic acids is 1. The van der Waals surface area contributed by atoms with Gasteiger partial charge in [0.15, 0.2) is 0 Å². The number of hydrogen-bond acceptors (Lipinski definition) is 7. The standard InChI is InChI=1S/C31H51NO8Si/c1-5-29(41(38-6-2,39-7-3)40-8-4)32-31(35)37-23-12-10-9-11-22-36-28-19-17-26(18-20-28)27-15-13-14-25(24-27)16-21-30(33)34/h13-16,21,24,26,28-29H,5-12,17-20,22-23H2,1-4H3,(H,32,35)(H,33,34)/b21-16+. The normalized spacial score (nSPS) is 18.3. The maximum Gasteiger partial charge on any atom is 0.524 e. The molecule has 2 N–H and O–H groups in total. The predicted molar refractivity (Wildman–Crippen MR) is 162 cm³/mol. The second-order valence-electron chi connectivity index (χ2n) is 10.2. The topological polar surface area (TPSA) is 113 Å². The highest BCUT2D eigenvalue weighted by molar-refractivity contribution is 6.62. The van der Waals surface area contributed by atoms with Crippen molar-refractivity contribution in [3.63, 3.8) is 0 Å². The van der Waals surface area contributed by atoms with E-state index in [1.807, 2.05) is 39.8 Å². The fourth-order valence-electron chi connectivity index (χ4n) is 5.27. The van der Waals surface area contributed by atoms with E-state index in [1.54, 1.807) is 6.08 Å². The molecule has 1 aromatic rings. The maximum atomic E-state index is 12.4. The number of unbranched alkanes of at least 4 members (excludes halogenated alkanes) is 3. The molecule has 1 saturated carbocycles. The molecule has 1 aliphatic rings. The van der Waals surface area contributed by atoms with Crippen LogP contribution >= 0.6 is 0 Å². The molecule has 1 amide bonds. The minimum atomic E-state index is -3.05. The lowest BCUT2D eigenvalue weighted by Crippen LogP contribution is -2.62. The van der Waals surface area contributed by atoms with Crippen molar-refractivity contribution < 1.29 is 37.4 Å². The van der Waals surface area contributed by atoms with Crippen LogP contribution in [0.2, 0.25) is 0 Å². The number of amides is 1. The van der Waals surface area contributed by atoms with E-state index in [9.17, 15) is 9.59 Å². The Morgan fingerprint density at radius 3 is 2.17 bits per heavy atom. The van der Waals surface area contributed by atoms with Crippen LogP contribution in [-0.2, 0) is 27.5 Å². The van der Waals surface area contributed by atoms with Crippen molar-refractivity contribution in [3.05, 3.63) is 41.5 Å². The monoisotopic (exact) mass is 593 g/mol. The molecule has 1 fully saturated rings. The molecule has 1 atom stereocenters. The number of carbonyl (C=O) groups is 2. The van der Waals surface area contributed by atoms with Crippen molar-refractivity contribution in [1.29, 1.82) is 0 Å². The van der Waals surface area contributed by atoms with Gasteiger partial charge in [0.2, 0.25) is 0 Å². The number of alkyl carbamates (subject to hydrolysis) is 1. The van der Waals surface area contributed by atoms with Gasteiger partial charge in [0.25, 0.3) is 0 Å². The largest absolute Gasteiger partial charge is 0.524 e. The van der Waals surface area contributed by atoms with E-state index >= 15 is 0 Å². The minimum Gasteiger partial charge on any atom is -0.478 e. The zero-order valence-corrected chi connectivity index (χ0v) is 26.4. The van der Waals surface area contributed by atoms with Crippen molar-refractivity contribution in [2.75, 3.05) is 33.0 Å². The molecule has 1 aliphatic carbocycles. The fourth-order valence-corrected chi connectivity index (χ4v) is 8.13. The summed E-state index contributed by atoms with van der Waals surface area (Å²) < 4.78 is 29.4. The third-order valence-electron chi connectivity index (χ3n) is 7.26. The molecule has 232 valence electrons. The summed E-state index contributed by atoms with van der Waals surface area (Å²) in [6.07, 6.45) is 11.3. The van der Waals surface area contributed by atoms with Crippen LogP contribution in [-0.4, -0.2) is 70.8 Å². The molecule has 41 heavy (non-hydrogen) atoms. The molecule has 0 saturated heterocycles. The number of carboxylic acids is 1. The lowest BCUT2D eigenvalue weighted by Gasteiger charge is -2.34. The van der Waals surface area contributed by atoms with Crippen LogP contribution < -0.4 is 5.32 Å². The average molecular weight is 594 g/mol. The average Bonchev–Trinajstić information content (AvgIpc) is 2.97. The van der Waals surface area contributed by atoms with Crippen molar-refractivity contribution in [2.45, 2.75) is 103 Å². The molecular weight excluding hydrogens is 542 g/mol. The van der Waals surface area contributed by atoms with Gasteiger partial charge in [-0.05, 0) is 95.3 Å². The third-order valence-corrected chi connectivity index (χ3v) is 10.7. The van der Waals surface area contributed by atoms with Gasteiger partial charge in [-0.25, -0.2) is 9.59 Å². The van der Waals surface area contributed by atoms with E-state index in [4.69, 9.17) is 27.9 Å². The van der Waals surface area contributed by atoms with Crippen molar-refractivity contribution in [3.8, 4) is 0 Å². The Labute approximate surface area is 247 Å². The van der Waals surface area contributed by atoms with Gasteiger partial charge in [0, 0.05) is 32.5 Å². The molecule has 0 spiro atoms. The Bertz CT molecular complexity index is 902. The minimum absolute atomic E-state index is 0.306. The highest BCUT2D eigenvalue weighted by Crippen LogP contribution is 2.34. The first-order valence-electron chi connectivity index (χ1n) is 15.3. The van der Waals surface area contributed by atoms with E-state index in [2.05, 4.69) is 17.4 Å². The van der Waals surface area contributed by atoms with Gasteiger partial charge < -0.3 is 33.2 Å². The van der Waals surface area contributed by atoms with Crippen LogP contribution in [0.1, 0.15) is 103 Å². The number of nitrogens with one attached hydrogen (secondary N) is 1. The Hall–Kier alpha value is -2.24. The summed E-state index contributed by atoms with van der Waals surface area (Å²) in [5, 5.41) is 11.8. The third kappa shape index (κ3) is 12.7. The van der Waals surface area contributed by atoms with Gasteiger partial charge in [0.1, 0.15) is 5.67 Å². The Morgan fingerprint density at radius 1 is 0.951 bits per heavy atom. The summed E-state index contributed by atoms with van der Waals surface area (Å²) in [5.74, 6) is -0.439. The SMILES string of the molecule is CCO[Si](OCC)(OCC)C(CC)NC(=O)OCCCCCCOC1CCC(c2cccc(/C=C/C(=O)O)c2)CC1. The number of rotatable bonds is 20. The molecule has 1 unspecified atom stereocenters. The highest BCUT2D eigenvalue weighted by Gasteiger charge is 2.49. The second kappa shape index (κ2) is 19.8. The smallest absolute Gasteiger partial charge is 0.478 e. The molecule has 0 bridgehead atoms. The van der Waals surface area contributed by atoms with Gasteiger partial charge in [0.05, 0.1) is 12.7 Å². The molecule has 2 rings (SSSR count). The fraction of sp³-hybridized carbons (Fsp3) is 0.677. The van der Waals surface area contributed by atoms with E-state index in [1.165, 1.54) is 11.6 Å². The second-order valence-corrected chi connectivity index (χ2v) is 13.0. The van der Waals surface area contributed by atoms with Crippen LogP contribution in [0, 0.1) is 0 Å². The number of carboxylic acid groups (broad SMARTS) is 1. The molecule has 0 aromatic heterocycles. The molecular formula is C31H51NO8Si. The molecule has 10 heteroatoms. The number of carbonyl (C=O) groups excluding carboxylic acids is 1. The zero-order chi connectivity index (χ0) is 29.9. The lowest BCUT2D eigenvalue weighted by atomic mass is 9.82. The maximum absolute atomic E-state index is 12.4. The molecule has 9 nitrogen and oxygen atoms in total. The molecule has 0 heterocycles. The van der Waals surface area contributed by atoms with E-state index in [0.717, 1.165) is 63.5 Å². The number of ether oxygens (including phenoxy) is 2. The van der Waals surface area contributed by atoms with Crippen LogP contribution in [0.4, 0.5) is 4.79 Å². The van der Waals surface area contributed by atoms with Gasteiger partial charge in [-0.1, -0.05) is 37.6 Å². The lowest BCUT2D eigenvalue weighted by molar-refractivity contribution is -0.131. The summed E-state index contributed by atoms with van der Waals surface area (Å²) >= 11 is 0. The Balaban J connectivity index is 1.59. The van der Waals surface area contributed by atoms with Gasteiger partial charge in [-0.3, -0.25) is 0 Å². The molecule has 0 radical (unpaired) electrons. The van der Waals surface area contributed by atoms with E-state index in [-0.39, 0.29) is 5.67 Å². The molecule has 0 aliphatic heterocycles. The van der Waals surface area contributed by atoms with E-state index in [0.29, 0.717) is 44.9 Å². The number of hydrogen-bond donors (Lipinski definition) is 2. The van der Waals surface area contributed by atoms with Crippen molar-refractivity contribution in [2.24, 2.45) is 0 Å². The first-order valence-corrected chi connectivity index (χ1v) is 17.1. The van der Waals surface area contributed by atoms with Crippen LogP contribution in [0.5, 0.6) is 0 Å². The Morgan fingerprint density at radius 2 is 1.59 bits per heavy atom. The van der Waals surface area contributed by atoms with Crippen LogP contribution in [0.3, 0.4) is 0 Å². The summed E-state index contributed by atoms with van der Waals surface area (Å²) in [6.45, 7) is 10.1.